The molecule has 162 valence electrons. The number of benzene rings is 2. The Morgan fingerprint density at radius 3 is 2.52 bits per heavy atom. The highest BCUT2D eigenvalue weighted by Crippen LogP contribution is 2.37. The molecule has 2 aromatic carbocycles. The van der Waals surface area contributed by atoms with Crippen LogP contribution in [-0.2, 0) is 14.6 Å². The first-order valence-electron chi connectivity index (χ1n) is 9.09. The number of halogens is 2. The number of alkyl halides is 2. The van der Waals surface area contributed by atoms with Crippen LogP contribution in [0.2, 0.25) is 0 Å². The largest absolute Gasteiger partial charge is 0.435 e. The maximum Gasteiger partial charge on any atom is 0.387 e. The van der Waals surface area contributed by atoms with Crippen LogP contribution < -0.4 is 15.0 Å². The molecular formula is C20H16F2N2O6S. The Morgan fingerprint density at radius 1 is 1.16 bits per heavy atom. The van der Waals surface area contributed by atoms with Gasteiger partial charge in [0.05, 0.1) is 34.0 Å². The molecule has 2 aliphatic heterocycles. The average Bonchev–Trinajstić information content (AvgIpc) is 2.89. The van der Waals surface area contributed by atoms with E-state index in [1.807, 2.05) is 0 Å². The molecule has 0 atom stereocenters. The van der Waals surface area contributed by atoms with Crippen LogP contribution in [0.3, 0.4) is 0 Å². The minimum atomic E-state index is -3.17. The summed E-state index contributed by atoms with van der Waals surface area (Å²) < 4.78 is 52.2. The standard InChI is InChI=1S/C20H16F2N2O6S/c1-20(9-31(28,29)10-20)23-17(26)11-5-6-15-14(7-11)16(25)18(27)24(15)12-3-2-4-13(8-12)30-19(21)22/h2-8,19H,9-10H2,1H3,(H,23,26). The van der Waals surface area contributed by atoms with E-state index in [1.54, 1.807) is 6.92 Å². The number of carbonyl (C=O) groups excluding carboxylic acids is 3. The molecule has 2 heterocycles. The topological polar surface area (TPSA) is 110 Å². The van der Waals surface area contributed by atoms with E-state index in [0.29, 0.717) is 0 Å². The molecule has 11 heteroatoms. The summed E-state index contributed by atoms with van der Waals surface area (Å²) in [5.41, 5.74) is -0.490. The van der Waals surface area contributed by atoms with Gasteiger partial charge in [-0.3, -0.25) is 19.3 Å². The van der Waals surface area contributed by atoms with E-state index in [9.17, 15) is 31.6 Å². The van der Waals surface area contributed by atoms with Gasteiger partial charge in [-0.25, -0.2) is 8.42 Å². The first-order valence-corrected chi connectivity index (χ1v) is 10.9. The van der Waals surface area contributed by atoms with Gasteiger partial charge in [-0.1, -0.05) is 6.07 Å². The monoisotopic (exact) mass is 450 g/mol. The van der Waals surface area contributed by atoms with Crippen molar-refractivity contribution in [2.75, 3.05) is 16.4 Å². The van der Waals surface area contributed by atoms with E-state index in [1.165, 1.54) is 42.5 Å². The molecule has 1 N–H and O–H groups in total. The number of nitrogens with one attached hydrogen (secondary N) is 1. The molecule has 8 nitrogen and oxygen atoms in total. The number of ketones is 1. The van der Waals surface area contributed by atoms with E-state index in [2.05, 4.69) is 10.1 Å². The molecule has 2 aliphatic rings. The number of nitrogens with zero attached hydrogens (tertiary/aromatic N) is 1. The molecule has 0 unspecified atom stereocenters. The highest BCUT2D eigenvalue weighted by Gasteiger charge is 2.46. The number of carbonyl (C=O) groups is 3. The third kappa shape index (κ3) is 3.88. The second kappa shape index (κ2) is 7.12. The molecule has 0 aliphatic carbocycles. The molecule has 0 spiro atoms. The predicted molar refractivity (Wildman–Crippen MR) is 106 cm³/mol. The van der Waals surface area contributed by atoms with Crippen molar-refractivity contribution in [3.8, 4) is 5.75 Å². The van der Waals surface area contributed by atoms with Crippen molar-refractivity contribution in [2.45, 2.75) is 19.1 Å². The molecule has 31 heavy (non-hydrogen) atoms. The van der Waals surface area contributed by atoms with Gasteiger partial charge in [0.2, 0.25) is 0 Å². The van der Waals surface area contributed by atoms with E-state index in [0.717, 1.165) is 4.90 Å². The first-order chi connectivity index (χ1) is 14.5. The SMILES string of the molecule is CC1(NC(=O)c2ccc3c(c2)C(=O)C(=O)N3c2cccc(OC(F)F)c2)CS(=O)(=O)C1. The van der Waals surface area contributed by atoms with Crippen molar-refractivity contribution in [3.63, 3.8) is 0 Å². The van der Waals surface area contributed by atoms with Crippen LogP contribution in [0.25, 0.3) is 0 Å². The van der Waals surface area contributed by atoms with Crippen LogP contribution >= 0.6 is 0 Å². The minimum absolute atomic E-state index is 0.0239. The quantitative estimate of drug-likeness (QED) is 0.699. The van der Waals surface area contributed by atoms with Crippen LogP contribution in [-0.4, -0.2) is 49.7 Å². The fourth-order valence-corrected chi connectivity index (χ4v) is 5.78. The van der Waals surface area contributed by atoms with E-state index in [-0.39, 0.29) is 39.8 Å². The average molecular weight is 450 g/mol. The lowest BCUT2D eigenvalue weighted by Gasteiger charge is -2.38. The third-order valence-electron chi connectivity index (χ3n) is 4.93. The van der Waals surface area contributed by atoms with Gasteiger partial charge in [-0.2, -0.15) is 8.78 Å². The predicted octanol–water partition coefficient (Wildman–Crippen LogP) is 2.07. The Labute approximate surface area is 175 Å². The smallest absolute Gasteiger partial charge is 0.387 e. The van der Waals surface area contributed by atoms with Gasteiger partial charge in [-0.15, -0.1) is 0 Å². The van der Waals surface area contributed by atoms with Crippen molar-refractivity contribution in [2.24, 2.45) is 0 Å². The number of Topliss-reactive ketones (excluding diaryl/α,β-unsaturated/α-hetero) is 1. The fourth-order valence-electron chi connectivity index (χ4n) is 3.78. The second-order valence-electron chi connectivity index (χ2n) is 7.62. The van der Waals surface area contributed by atoms with Gasteiger partial charge in [0.25, 0.3) is 11.7 Å². The highest BCUT2D eigenvalue weighted by atomic mass is 32.2. The van der Waals surface area contributed by atoms with E-state index < -0.39 is 39.6 Å². The van der Waals surface area contributed by atoms with Gasteiger partial charge in [-0.05, 0) is 37.3 Å². The number of amides is 2. The zero-order valence-corrected chi connectivity index (χ0v) is 16.9. The lowest BCUT2D eigenvalue weighted by molar-refractivity contribution is -0.113. The zero-order valence-electron chi connectivity index (χ0n) is 16.1. The summed E-state index contributed by atoms with van der Waals surface area (Å²) in [6.07, 6.45) is 0. The van der Waals surface area contributed by atoms with Crippen molar-refractivity contribution < 1.29 is 36.3 Å². The molecule has 0 bridgehead atoms. The van der Waals surface area contributed by atoms with Crippen LogP contribution in [0.4, 0.5) is 20.2 Å². The number of ether oxygens (including phenoxy) is 1. The number of sulfone groups is 1. The van der Waals surface area contributed by atoms with Crippen molar-refractivity contribution in [3.05, 3.63) is 53.6 Å². The summed E-state index contributed by atoms with van der Waals surface area (Å²) in [6.45, 7) is -1.45. The third-order valence-corrected chi connectivity index (χ3v) is 7.09. The summed E-state index contributed by atoms with van der Waals surface area (Å²) in [4.78, 5) is 38.7. The number of hydrogen-bond donors (Lipinski definition) is 1. The van der Waals surface area contributed by atoms with Crippen LogP contribution in [0.1, 0.15) is 27.6 Å². The second-order valence-corrected chi connectivity index (χ2v) is 9.69. The van der Waals surface area contributed by atoms with Gasteiger partial charge >= 0.3 is 12.5 Å². The Morgan fingerprint density at radius 2 is 1.87 bits per heavy atom. The number of anilines is 2. The molecular weight excluding hydrogens is 434 g/mol. The Balaban J connectivity index is 1.62. The van der Waals surface area contributed by atoms with Gasteiger partial charge < -0.3 is 10.1 Å². The van der Waals surface area contributed by atoms with Crippen molar-refractivity contribution >= 4 is 38.8 Å². The zero-order chi connectivity index (χ0) is 22.6. The fraction of sp³-hybridized carbons (Fsp3) is 0.250. The lowest BCUT2D eigenvalue weighted by atomic mass is 10.0. The summed E-state index contributed by atoms with van der Waals surface area (Å²) in [7, 11) is -3.17. The van der Waals surface area contributed by atoms with Crippen LogP contribution in [0.15, 0.2) is 42.5 Å². The number of fused-ring (bicyclic) bond motifs is 1. The molecule has 0 saturated carbocycles. The number of rotatable bonds is 5. The van der Waals surface area contributed by atoms with Gasteiger partial charge in [0, 0.05) is 11.6 Å². The molecule has 0 radical (unpaired) electrons. The summed E-state index contributed by atoms with van der Waals surface area (Å²) >= 11 is 0. The summed E-state index contributed by atoms with van der Waals surface area (Å²) in [5, 5.41) is 2.63. The molecule has 1 fully saturated rings. The van der Waals surface area contributed by atoms with E-state index in [4.69, 9.17) is 0 Å². The Hall–Kier alpha value is -3.34. The molecule has 4 rings (SSSR count). The van der Waals surface area contributed by atoms with Crippen molar-refractivity contribution in [1.82, 2.24) is 5.32 Å². The minimum Gasteiger partial charge on any atom is -0.435 e. The molecule has 2 aromatic rings. The van der Waals surface area contributed by atoms with Crippen LogP contribution in [0.5, 0.6) is 5.75 Å². The lowest BCUT2D eigenvalue weighted by Crippen LogP contribution is -2.63. The molecule has 2 amide bonds. The number of hydrogen-bond acceptors (Lipinski definition) is 6. The summed E-state index contributed by atoms with van der Waals surface area (Å²) in [6, 6.07) is 9.38. The maximum absolute atomic E-state index is 12.6. The maximum atomic E-state index is 12.6. The molecule has 1 saturated heterocycles. The normalized spacial score (nSPS) is 18.5. The van der Waals surface area contributed by atoms with E-state index >= 15 is 0 Å². The Kier molecular flexibility index (Phi) is 4.80. The highest BCUT2D eigenvalue weighted by molar-refractivity contribution is 7.93. The summed E-state index contributed by atoms with van der Waals surface area (Å²) in [5.74, 6) is -2.88. The Bertz CT molecular complexity index is 1220. The van der Waals surface area contributed by atoms with Gasteiger partial charge in [0.15, 0.2) is 9.84 Å². The van der Waals surface area contributed by atoms with Crippen LogP contribution in [0, 0.1) is 0 Å². The van der Waals surface area contributed by atoms with Gasteiger partial charge in [0.1, 0.15) is 5.75 Å². The first kappa shape index (κ1) is 20.9. The van der Waals surface area contributed by atoms with Crippen molar-refractivity contribution in [1.29, 1.82) is 0 Å². The molecule has 0 aromatic heterocycles.